The van der Waals surface area contributed by atoms with Gasteiger partial charge in [-0.3, -0.25) is 14.5 Å². The van der Waals surface area contributed by atoms with Crippen LogP contribution in [-0.4, -0.2) is 30.6 Å². The summed E-state index contributed by atoms with van der Waals surface area (Å²) in [6.07, 6.45) is 5.30. The molecule has 1 amide bonds. The maximum atomic E-state index is 12.8. The fourth-order valence-electron chi connectivity index (χ4n) is 3.39. The Morgan fingerprint density at radius 2 is 1.91 bits per heavy atom. The molecule has 0 saturated carbocycles. The fraction of sp³-hybridized carbons (Fsp3) is 0.208. The number of benzene rings is 1. The smallest absolute Gasteiger partial charge is 0.273 e. The maximum absolute atomic E-state index is 12.8. The lowest BCUT2D eigenvalue weighted by atomic mass is 10.1. The third-order valence-electron chi connectivity index (χ3n) is 5.00. The summed E-state index contributed by atoms with van der Waals surface area (Å²) in [7, 11) is 0. The number of hydrogen-bond donors (Lipinski definition) is 2. The van der Waals surface area contributed by atoms with Crippen LogP contribution >= 0.6 is 0 Å². The lowest BCUT2D eigenvalue weighted by molar-refractivity contribution is 0.101. The molecule has 0 bridgehead atoms. The average Bonchev–Trinajstić information content (AvgIpc) is 3.17. The Balaban J connectivity index is 1.56. The van der Waals surface area contributed by atoms with Gasteiger partial charge in [0.2, 0.25) is 5.95 Å². The van der Waals surface area contributed by atoms with E-state index in [1.165, 1.54) is 0 Å². The second-order valence-corrected chi connectivity index (χ2v) is 7.61. The Kier molecular flexibility index (Phi) is 5.93. The molecule has 0 unspecified atom stereocenters. The Bertz CT molecular complexity index is 1280. The highest BCUT2D eigenvalue weighted by Gasteiger charge is 2.14. The van der Waals surface area contributed by atoms with E-state index in [9.17, 15) is 4.79 Å². The predicted molar refractivity (Wildman–Crippen MR) is 125 cm³/mol. The van der Waals surface area contributed by atoms with Gasteiger partial charge >= 0.3 is 0 Å². The highest BCUT2D eigenvalue weighted by Crippen LogP contribution is 2.25. The van der Waals surface area contributed by atoms with Crippen molar-refractivity contribution in [2.75, 3.05) is 10.6 Å². The zero-order valence-corrected chi connectivity index (χ0v) is 18.5. The summed E-state index contributed by atoms with van der Waals surface area (Å²) >= 11 is 0. The quantitative estimate of drug-likeness (QED) is 0.464. The second kappa shape index (κ2) is 8.97. The molecule has 162 valence electrons. The molecule has 0 atom stereocenters. The summed E-state index contributed by atoms with van der Waals surface area (Å²) < 4.78 is 1.69. The molecule has 0 radical (unpaired) electrons. The first-order valence-electron chi connectivity index (χ1n) is 10.4. The summed E-state index contributed by atoms with van der Waals surface area (Å²) in [5, 5.41) is 10.6. The molecule has 0 aliphatic rings. The SMILES string of the molecule is CCn1nc(C)cc1C(=O)Nc1ccc(C)c(Nc2nccc(-c3cncc(C)c3)n2)c1. The van der Waals surface area contributed by atoms with Crippen LogP contribution in [0.15, 0.2) is 55.0 Å². The molecular weight excluding hydrogens is 402 g/mol. The first-order valence-corrected chi connectivity index (χ1v) is 10.4. The van der Waals surface area contributed by atoms with Gasteiger partial charge in [-0.15, -0.1) is 0 Å². The molecule has 0 saturated heterocycles. The largest absolute Gasteiger partial charge is 0.324 e. The summed E-state index contributed by atoms with van der Waals surface area (Å²) in [6, 6.07) is 11.3. The number of rotatable bonds is 6. The first-order chi connectivity index (χ1) is 15.4. The van der Waals surface area contributed by atoms with E-state index in [4.69, 9.17) is 0 Å². The normalized spacial score (nSPS) is 10.8. The molecule has 0 fully saturated rings. The van der Waals surface area contributed by atoms with Crippen molar-refractivity contribution in [3.8, 4) is 11.3 Å². The minimum absolute atomic E-state index is 0.201. The van der Waals surface area contributed by atoms with Crippen molar-refractivity contribution >= 4 is 23.2 Å². The third-order valence-corrected chi connectivity index (χ3v) is 5.00. The molecule has 3 heterocycles. The van der Waals surface area contributed by atoms with Gasteiger partial charge in [-0.25, -0.2) is 9.97 Å². The molecule has 1 aromatic carbocycles. The van der Waals surface area contributed by atoms with Gasteiger partial charge in [0.05, 0.1) is 11.4 Å². The number of amides is 1. The number of carbonyl (C=O) groups excluding carboxylic acids is 1. The van der Waals surface area contributed by atoms with Crippen molar-refractivity contribution in [2.24, 2.45) is 0 Å². The molecule has 0 spiro atoms. The van der Waals surface area contributed by atoms with Crippen LogP contribution in [0.2, 0.25) is 0 Å². The summed E-state index contributed by atoms with van der Waals surface area (Å²) in [5.74, 6) is 0.266. The van der Waals surface area contributed by atoms with E-state index < -0.39 is 0 Å². The number of nitrogens with zero attached hydrogens (tertiary/aromatic N) is 5. The molecular formula is C24H25N7O. The highest BCUT2D eigenvalue weighted by atomic mass is 16.2. The maximum Gasteiger partial charge on any atom is 0.273 e. The molecule has 3 aromatic heterocycles. The van der Waals surface area contributed by atoms with E-state index in [-0.39, 0.29) is 5.91 Å². The van der Waals surface area contributed by atoms with Crippen LogP contribution in [0.25, 0.3) is 11.3 Å². The monoisotopic (exact) mass is 427 g/mol. The van der Waals surface area contributed by atoms with Crippen LogP contribution in [-0.2, 0) is 6.54 Å². The van der Waals surface area contributed by atoms with Gasteiger partial charge in [-0.1, -0.05) is 6.07 Å². The van der Waals surface area contributed by atoms with Crippen molar-refractivity contribution in [2.45, 2.75) is 34.2 Å². The number of hydrogen-bond acceptors (Lipinski definition) is 6. The van der Waals surface area contributed by atoms with Crippen LogP contribution in [0.1, 0.15) is 34.2 Å². The predicted octanol–water partition coefficient (Wildman–Crippen LogP) is 4.68. The van der Waals surface area contributed by atoms with Crippen LogP contribution < -0.4 is 10.6 Å². The van der Waals surface area contributed by atoms with E-state index in [0.29, 0.717) is 23.9 Å². The van der Waals surface area contributed by atoms with E-state index in [1.807, 2.05) is 64.2 Å². The van der Waals surface area contributed by atoms with Gasteiger partial charge in [0, 0.05) is 42.1 Å². The van der Waals surface area contributed by atoms with Crippen LogP contribution in [0.3, 0.4) is 0 Å². The molecule has 8 nitrogen and oxygen atoms in total. The van der Waals surface area contributed by atoms with E-state index in [2.05, 4.69) is 30.7 Å². The molecule has 4 aromatic rings. The van der Waals surface area contributed by atoms with E-state index >= 15 is 0 Å². The van der Waals surface area contributed by atoms with Gasteiger partial charge in [0.15, 0.2) is 0 Å². The third kappa shape index (κ3) is 4.64. The van der Waals surface area contributed by atoms with Crippen LogP contribution in [0, 0.1) is 20.8 Å². The Morgan fingerprint density at radius 1 is 1.06 bits per heavy atom. The summed E-state index contributed by atoms with van der Waals surface area (Å²) in [4.78, 5) is 26.0. The molecule has 2 N–H and O–H groups in total. The standard InChI is InChI=1S/C24H25N7O/c1-5-31-22(11-17(4)30-31)23(32)27-19-7-6-16(3)21(12-19)29-24-26-9-8-20(28-24)18-10-15(2)13-25-14-18/h6-14H,5H2,1-4H3,(H,27,32)(H,26,28,29). The van der Waals surface area contributed by atoms with E-state index in [1.54, 1.807) is 23.1 Å². The van der Waals surface area contributed by atoms with Gasteiger partial charge in [0.1, 0.15) is 5.69 Å². The molecule has 0 aliphatic heterocycles. The van der Waals surface area contributed by atoms with Gasteiger partial charge in [-0.05, 0) is 69.2 Å². The molecule has 0 aliphatic carbocycles. The van der Waals surface area contributed by atoms with Crippen molar-refractivity contribution < 1.29 is 4.79 Å². The zero-order chi connectivity index (χ0) is 22.7. The molecule has 4 rings (SSSR count). The van der Waals surface area contributed by atoms with Gasteiger partial charge in [-0.2, -0.15) is 5.10 Å². The average molecular weight is 428 g/mol. The Morgan fingerprint density at radius 3 is 2.69 bits per heavy atom. The molecule has 32 heavy (non-hydrogen) atoms. The minimum atomic E-state index is -0.201. The van der Waals surface area contributed by atoms with Crippen LogP contribution in [0.5, 0.6) is 0 Å². The van der Waals surface area contributed by atoms with Gasteiger partial charge < -0.3 is 10.6 Å². The van der Waals surface area contributed by atoms with Crippen molar-refractivity contribution in [1.82, 2.24) is 24.7 Å². The second-order valence-electron chi connectivity index (χ2n) is 7.61. The first kappa shape index (κ1) is 21.2. The van der Waals surface area contributed by atoms with Crippen molar-refractivity contribution in [3.05, 3.63) is 77.5 Å². The number of pyridine rings is 1. The molecule has 8 heteroatoms. The Hall–Kier alpha value is -4.07. The van der Waals surface area contributed by atoms with Crippen molar-refractivity contribution in [3.63, 3.8) is 0 Å². The number of carbonyl (C=O) groups is 1. The van der Waals surface area contributed by atoms with E-state index in [0.717, 1.165) is 33.8 Å². The number of anilines is 3. The lowest BCUT2D eigenvalue weighted by Gasteiger charge is -2.12. The summed E-state index contributed by atoms with van der Waals surface area (Å²) in [5.41, 5.74) is 6.59. The number of aryl methyl sites for hydroxylation is 4. The number of aromatic nitrogens is 5. The topological polar surface area (TPSA) is 97.6 Å². The minimum Gasteiger partial charge on any atom is -0.324 e. The number of nitrogens with one attached hydrogen (secondary N) is 2. The summed E-state index contributed by atoms with van der Waals surface area (Å²) in [6.45, 7) is 8.43. The highest BCUT2D eigenvalue weighted by molar-refractivity contribution is 6.03. The van der Waals surface area contributed by atoms with Crippen molar-refractivity contribution in [1.29, 1.82) is 0 Å². The zero-order valence-electron chi connectivity index (χ0n) is 18.5. The Labute approximate surface area is 186 Å². The fourth-order valence-corrected chi connectivity index (χ4v) is 3.39. The van der Waals surface area contributed by atoms with Gasteiger partial charge in [0.25, 0.3) is 5.91 Å². The lowest BCUT2D eigenvalue weighted by Crippen LogP contribution is -2.17. The van der Waals surface area contributed by atoms with Crippen LogP contribution in [0.4, 0.5) is 17.3 Å².